The number of nitrogens with one attached hydrogen (secondary N) is 1. The van der Waals surface area contributed by atoms with Crippen molar-refractivity contribution in [2.45, 2.75) is 76.5 Å². The molecule has 2 unspecified atom stereocenters. The molecule has 1 fully saturated rings. The Kier molecular flexibility index (Phi) is 5.98. The molecule has 1 aromatic heterocycles. The zero-order chi connectivity index (χ0) is 19.9. The maximum absolute atomic E-state index is 12.2. The SMILES string of the molecule is COC1C(O[Si](C)(C)C(C)(C)C)[C@@H]([C@H](C)O)O[C@H]1n1ccc(=O)[nH]c1=O. The van der Waals surface area contributed by atoms with E-state index >= 15 is 0 Å². The summed E-state index contributed by atoms with van der Waals surface area (Å²) in [6.45, 7) is 12.2. The summed E-state index contributed by atoms with van der Waals surface area (Å²) in [6, 6.07) is 1.25. The Balaban J connectivity index is 2.43. The van der Waals surface area contributed by atoms with Crippen molar-refractivity contribution in [3.63, 3.8) is 0 Å². The summed E-state index contributed by atoms with van der Waals surface area (Å²) in [6.07, 6.45) is -2.05. The summed E-state index contributed by atoms with van der Waals surface area (Å²) >= 11 is 0. The lowest BCUT2D eigenvalue weighted by atomic mass is 10.1. The third-order valence-corrected chi connectivity index (χ3v) is 9.81. The molecular weight excluding hydrogens is 356 g/mol. The van der Waals surface area contributed by atoms with Crippen molar-refractivity contribution in [1.29, 1.82) is 0 Å². The second-order valence-corrected chi connectivity index (χ2v) is 13.0. The standard InChI is InChI=1S/C17H30N2O6Si/c1-10(20)12-13(25-26(6,7)17(2,3)4)14(23-5)15(24-12)19-9-8-11(21)18-16(19)22/h8-10,12-15,20H,1-7H3,(H,18,21,22)/t10-,12+,13?,14?,15+/m0/s1. The lowest BCUT2D eigenvalue weighted by Crippen LogP contribution is -2.51. The average molecular weight is 387 g/mol. The summed E-state index contributed by atoms with van der Waals surface area (Å²) in [5, 5.41) is 10.2. The molecule has 0 radical (unpaired) electrons. The van der Waals surface area contributed by atoms with Gasteiger partial charge in [0.15, 0.2) is 14.5 Å². The molecule has 0 saturated carbocycles. The first-order valence-corrected chi connectivity index (χ1v) is 11.7. The van der Waals surface area contributed by atoms with Crippen LogP contribution in [0.2, 0.25) is 18.1 Å². The maximum Gasteiger partial charge on any atom is 0.330 e. The van der Waals surface area contributed by atoms with Crippen LogP contribution >= 0.6 is 0 Å². The van der Waals surface area contributed by atoms with Crippen molar-refractivity contribution in [3.8, 4) is 0 Å². The number of aromatic nitrogens is 2. The fraction of sp³-hybridized carbons (Fsp3) is 0.765. The van der Waals surface area contributed by atoms with Gasteiger partial charge in [-0.25, -0.2) is 4.79 Å². The van der Waals surface area contributed by atoms with Gasteiger partial charge in [0.25, 0.3) is 5.56 Å². The molecule has 1 aliphatic heterocycles. The normalized spacial score (nSPS) is 28.3. The fourth-order valence-corrected chi connectivity index (χ4v) is 4.11. The summed E-state index contributed by atoms with van der Waals surface area (Å²) in [5.74, 6) is 0. The van der Waals surface area contributed by atoms with Crippen LogP contribution in [0.3, 0.4) is 0 Å². The van der Waals surface area contributed by atoms with E-state index in [9.17, 15) is 14.7 Å². The second-order valence-electron chi connectivity index (χ2n) is 8.29. The fourth-order valence-electron chi connectivity index (χ4n) is 2.81. The molecule has 2 rings (SSSR count). The summed E-state index contributed by atoms with van der Waals surface area (Å²) in [7, 11) is -0.667. The first-order valence-electron chi connectivity index (χ1n) is 8.74. The lowest BCUT2D eigenvalue weighted by Gasteiger charge is -2.40. The van der Waals surface area contributed by atoms with Crippen molar-refractivity contribution >= 4 is 8.32 Å². The highest BCUT2D eigenvalue weighted by Gasteiger charge is 2.52. The van der Waals surface area contributed by atoms with E-state index in [1.54, 1.807) is 6.92 Å². The van der Waals surface area contributed by atoms with Gasteiger partial charge < -0.3 is 19.0 Å². The number of aliphatic hydroxyl groups excluding tert-OH is 1. The molecule has 1 aliphatic rings. The number of aromatic amines is 1. The molecule has 0 aromatic carbocycles. The van der Waals surface area contributed by atoms with E-state index in [0.29, 0.717) is 0 Å². The molecule has 0 bridgehead atoms. The van der Waals surface area contributed by atoms with E-state index in [1.807, 2.05) is 0 Å². The topological polar surface area (TPSA) is 103 Å². The molecule has 8 nitrogen and oxygen atoms in total. The van der Waals surface area contributed by atoms with Gasteiger partial charge in [-0.1, -0.05) is 20.8 Å². The van der Waals surface area contributed by atoms with E-state index in [1.165, 1.54) is 23.9 Å². The van der Waals surface area contributed by atoms with Crippen LogP contribution in [0, 0.1) is 0 Å². The molecule has 1 aromatic rings. The Morgan fingerprint density at radius 3 is 2.38 bits per heavy atom. The maximum atomic E-state index is 12.2. The van der Waals surface area contributed by atoms with E-state index in [0.717, 1.165) is 0 Å². The van der Waals surface area contributed by atoms with Gasteiger partial charge in [-0.05, 0) is 25.1 Å². The van der Waals surface area contributed by atoms with Gasteiger partial charge in [0, 0.05) is 19.4 Å². The molecule has 0 aliphatic carbocycles. The molecule has 148 valence electrons. The van der Waals surface area contributed by atoms with Crippen LogP contribution in [-0.4, -0.2) is 54.5 Å². The molecule has 2 heterocycles. The van der Waals surface area contributed by atoms with Gasteiger partial charge in [-0.2, -0.15) is 0 Å². The zero-order valence-electron chi connectivity index (χ0n) is 16.5. The molecule has 2 N–H and O–H groups in total. The Hall–Kier alpha value is -1.26. The lowest BCUT2D eigenvalue weighted by molar-refractivity contribution is -0.0820. The van der Waals surface area contributed by atoms with Crippen molar-refractivity contribution in [2.75, 3.05) is 7.11 Å². The van der Waals surface area contributed by atoms with Gasteiger partial charge in [0.2, 0.25) is 0 Å². The largest absolute Gasteiger partial charge is 0.408 e. The zero-order valence-corrected chi connectivity index (χ0v) is 17.5. The minimum absolute atomic E-state index is 0.0402. The second kappa shape index (κ2) is 7.39. The van der Waals surface area contributed by atoms with Crippen molar-refractivity contribution in [1.82, 2.24) is 9.55 Å². The predicted molar refractivity (Wildman–Crippen MR) is 99.8 cm³/mol. The van der Waals surface area contributed by atoms with Gasteiger partial charge in [-0.15, -0.1) is 0 Å². The highest BCUT2D eigenvalue weighted by atomic mass is 28.4. The quantitative estimate of drug-likeness (QED) is 0.738. The Morgan fingerprint density at radius 1 is 1.31 bits per heavy atom. The van der Waals surface area contributed by atoms with Crippen LogP contribution < -0.4 is 11.2 Å². The number of ether oxygens (including phenoxy) is 2. The minimum Gasteiger partial charge on any atom is -0.408 e. The smallest absolute Gasteiger partial charge is 0.330 e. The number of nitrogens with zero attached hydrogens (tertiary/aromatic N) is 1. The molecule has 0 spiro atoms. The number of aliphatic hydroxyl groups is 1. The van der Waals surface area contributed by atoms with E-state index < -0.39 is 50.2 Å². The Labute approximate surface area is 154 Å². The van der Waals surface area contributed by atoms with Crippen LogP contribution in [0.15, 0.2) is 21.9 Å². The molecule has 0 amide bonds. The minimum atomic E-state index is -2.19. The van der Waals surface area contributed by atoms with E-state index in [2.05, 4.69) is 38.8 Å². The first kappa shape index (κ1) is 21.0. The monoisotopic (exact) mass is 386 g/mol. The van der Waals surface area contributed by atoms with Crippen molar-refractivity contribution < 1.29 is 19.0 Å². The van der Waals surface area contributed by atoms with E-state index in [-0.39, 0.29) is 5.04 Å². The Morgan fingerprint density at radius 2 is 1.92 bits per heavy atom. The van der Waals surface area contributed by atoms with E-state index in [4.69, 9.17) is 13.9 Å². The molecule has 26 heavy (non-hydrogen) atoms. The van der Waals surface area contributed by atoms with Crippen LogP contribution in [0.4, 0.5) is 0 Å². The summed E-state index contributed by atoms with van der Waals surface area (Å²) in [4.78, 5) is 25.8. The van der Waals surface area contributed by atoms with Crippen molar-refractivity contribution in [2.24, 2.45) is 0 Å². The van der Waals surface area contributed by atoms with Crippen LogP contribution in [-0.2, 0) is 13.9 Å². The predicted octanol–water partition coefficient (Wildman–Crippen LogP) is 1.22. The number of methoxy groups -OCH3 is 1. The van der Waals surface area contributed by atoms with Crippen LogP contribution in [0.5, 0.6) is 0 Å². The summed E-state index contributed by atoms with van der Waals surface area (Å²) in [5.41, 5.74) is -1.08. The van der Waals surface area contributed by atoms with Crippen LogP contribution in [0.1, 0.15) is 33.9 Å². The number of rotatable bonds is 5. The van der Waals surface area contributed by atoms with Crippen LogP contribution in [0.25, 0.3) is 0 Å². The first-order chi connectivity index (χ1) is 11.9. The van der Waals surface area contributed by atoms with Gasteiger partial charge >= 0.3 is 5.69 Å². The molecule has 1 saturated heterocycles. The Bertz CT molecular complexity index is 736. The average Bonchev–Trinajstić information content (AvgIpc) is 2.83. The van der Waals surface area contributed by atoms with Gasteiger partial charge in [-0.3, -0.25) is 14.3 Å². The highest BCUT2D eigenvalue weighted by Crippen LogP contribution is 2.42. The number of H-pyrrole nitrogens is 1. The molecule has 9 heteroatoms. The van der Waals surface area contributed by atoms with Gasteiger partial charge in [0.1, 0.15) is 18.3 Å². The molecular formula is C17H30N2O6Si. The van der Waals surface area contributed by atoms with Crippen molar-refractivity contribution in [3.05, 3.63) is 33.1 Å². The highest BCUT2D eigenvalue weighted by molar-refractivity contribution is 6.74. The third-order valence-electron chi connectivity index (χ3n) is 5.34. The number of hydrogen-bond acceptors (Lipinski definition) is 6. The molecule has 5 atom stereocenters. The third kappa shape index (κ3) is 4.01. The van der Waals surface area contributed by atoms with Gasteiger partial charge in [0.05, 0.1) is 6.10 Å². The number of hydrogen-bond donors (Lipinski definition) is 2. The summed E-state index contributed by atoms with van der Waals surface area (Å²) < 4.78 is 19.4.